The molecule has 0 amide bonds. The van der Waals surface area contributed by atoms with Gasteiger partial charge in [0.15, 0.2) is 0 Å². The van der Waals surface area contributed by atoms with Crippen LogP contribution in [-0.4, -0.2) is 12.1 Å². The van der Waals surface area contributed by atoms with Crippen molar-refractivity contribution in [2.24, 2.45) is 5.92 Å². The smallest absolute Gasteiger partial charge is 0.0175 e. The summed E-state index contributed by atoms with van der Waals surface area (Å²) in [6.45, 7) is 4.60. The van der Waals surface area contributed by atoms with E-state index in [1.807, 2.05) is 0 Å². The summed E-state index contributed by atoms with van der Waals surface area (Å²) in [6, 6.07) is 9.96. The van der Waals surface area contributed by atoms with Crippen molar-refractivity contribution in [3.63, 3.8) is 0 Å². The summed E-state index contributed by atoms with van der Waals surface area (Å²) in [5.41, 5.74) is 1.42. The first-order chi connectivity index (χ1) is 8.67. The van der Waals surface area contributed by atoms with Crippen molar-refractivity contribution in [1.29, 1.82) is 0 Å². The van der Waals surface area contributed by atoms with Gasteiger partial charge in [0, 0.05) is 16.6 Å². The molecule has 1 aliphatic carbocycles. The molecule has 0 aliphatic heterocycles. The predicted octanol–water partition coefficient (Wildman–Crippen LogP) is 4.55. The topological polar surface area (TPSA) is 12.0 Å². The fraction of sp³-hybridized carbons (Fsp3) is 0.625. The predicted molar refractivity (Wildman–Crippen MR) is 81.9 cm³/mol. The first kappa shape index (κ1) is 14.1. The Hall–Kier alpha value is -0.340. The largest absolute Gasteiger partial charge is 0.311 e. The summed E-state index contributed by atoms with van der Waals surface area (Å²) in [5.74, 6) is 1.02. The normalized spacial score (nSPS) is 18.6. The molecule has 0 radical (unpaired) electrons. The monoisotopic (exact) mass is 309 g/mol. The first-order valence-electron chi connectivity index (χ1n) is 7.18. The van der Waals surface area contributed by atoms with E-state index < -0.39 is 0 Å². The van der Waals surface area contributed by atoms with E-state index in [-0.39, 0.29) is 0 Å². The lowest BCUT2D eigenvalue weighted by atomic mass is 10.0. The summed E-state index contributed by atoms with van der Waals surface area (Å²) in [7, 11) is 0. The van der Waals surface area contributed by atoms with Crippen molar-refractivity contribution in [2.75, 3.05) is 0 Å². The summed E-state index contributed by atoms with van der Waals surface area (Å²) in [5, 5.41) is 3.79. The molecule has 100 valence electrons. The minimum atomic E-state index is 0.565. The van der Waals surface area contributed by atoms with Crippen molar-refractivity contribution in [3.8, 4) is 0 Å². The van der Waals surface area contributed by atoms with Crippen molar-refractivity contribution in [1.82, 2.24) is 5.32 Å². The third kappa shape index (κ3) is 4.74. The lowest BCUT2D eigenvalue weighted by Gasteiger charge is -2.22. The maximum Gasteiger partial charge on any atom is 0.0175 e. The molecule has 1 aromatic carbocycles. The van der Waals surface area contributed by atoms with Gasteiger partial charge in [-0.15, -0.1) is 0 Å². The Bertz CT molecular complexity index is 356. The van der Waals surface area contributed by atoms with Gasteiger partial charge >= 0.3 is 0 Å². The van der Waals surface area contributed by atoms with Crippen LogP contribution in [0.2, 0.25) is 0 Å². The molecule has 0 heterocycles. The van der Waals surface area contributed by atoms with Crippen molar-refractivity contribution in [2.45, 2.75) is 58.0 Å². The molecule has 1 fully saturated rings. The molecule has 2 heteroatoms. The molecule has 2 unspecified atom stereocenters. The van der Waals surface area contributed by atoms with Crippen LogP contribution in [0.25, 0.3) is 0 Å². The van der Waals surface area contributed by atoms with E-state index in [2.05, 4.69) is 59.4 Å². The highest BCUT2D eigenvalue weighted by Crippen LogP contribution is 2.34. The van der Waals surface area contributed by atoms with Crippen LogP contribution in [0.3, 0.4) is 0 Å². The standard InChI is InChI=1S/C16H24BrN/c1-3-16(11-14-4-5-14)18-12(2)10-13-6-8-15(17)9-7-13/h6-9,12,14,16,18H,3-5,10-11H2,1-2H3. The Kier molecular flexibility index (Phi) is 5.25. The minimum absolute atomic E-state index is 0.565. The van der Waals surface area contributed by atoms with Gasteiger partial charge in [0.05, 0.1) is 0 Å². The van der Waals surface area contributed by atoms with Gasteiger partial charge < -0.3 is 5.32 Å². The van der Waals surface area contributed by atoms with Gasteiger partial charge in [-0.05, 0) is 49.8 Å². The molecule has 1 N–H and O–H groups in total. The van der Waals surface area contributed by atoms with Crippen LogP contribution in [0.5, 0.6) is 0 Å². The second-order valence-electron chi connectivity index (χ2n) is 5.68. The van der Waals surface area contributed by atoms with Gasteiger partial charge in [0.2, 0.25) is 0 Å². The average Bonchev–Trinajstić information content (AvgIpc) is 3.15. The van der Waals surface area contributed by atoms with E-state index in [0.29, 0.717) is 12.1 Å². The summed E-state index contributed by atoms with van der Waals surface area (Å²) < 4.78 is 1.16. The van der Waals surface area contributed by atoms with Gasteiger partial charge in [0.1, 0.15) is 0 Å². The summed E-state index contributed by atoms with van der Waals surface area (Å²) in [4.78, 5) is 0. The van der Waals surface area contributed by atoms with Gasteiger partial charge in [-0.3, -0.25) is 0 Å². The third-order valence-corrected chi connectivity index (χ3v) is 4.31. The molecule has 2 atom stereocenters. The Morgan fingerprint density at radius 1 is 1.28 bits per heavy atom. The highest BCUT2D eigenvalue weighted by atomic mass is 79.9. The Morgan fingerprint density at radius 3 is 2.50 bits per heavy atom. The van der Waals surface area contributed by atoms with E-state index in [4.69, 9.17) is 0 Å². The highest BCUT2D eigenvalue weighted by Gasteiger charge is 2.25. The lowest BCUT2D eigenvalue weighted by Crippen LogP contribution is -2.37. The molecule has 0 saturated heterocycles. The number of benzene rings is 1. The molecule has 0 spiro atoms. The van der Waals surface area contributed by atoms with E-state index >= 15 is 0 Å². The highest BCUT2D eigenvalue weighted by molar-refractivity contribution is 9.10. The fourth-order valence-corrected chi connectivity index (χ4v) is 2.81. The number of hydrogen-bond acceptors (Lipinski definition) is 1. The molecular weight excluding hydrogens is 286 g/mol. The maximum absolute atomic E-state index is 3.79. The molecule has 2 rings (SSSR count). The van der Waals surface area contributed by atoms with Crippen LogP contribution in [-0.2, 0) is 6.42 Å². The van der Waals surface area contributed by atoms with Crippen LogP contribution in [0.15, 0.2) is 28.7 Å². The zero-order valence-corrected chi connectivity index (χ0v) is 13.0. The number of nitrogens with one attached hydrogen (secondary N) is 1. The maximum atomic E-state index is 3.79. The van der Waals surface area contributed by atoms with Gasteiger partial charge in [-0.25, -0.2) is 0 Å². The molecular formula is C16H24BrN. The van der Waals surface area contributed by atoms with E-state index in [1.54, 1.807) is 0 Å². The molecule has 1 saturated carbocycles. The van der Waals surface area contributed by atoms with Gasteiger partial charge in [0.25, 0.3) is 0 Å². The van der Waals surface area contributed by atoms with Crippen LogP contribution >= 0.6 is 15.9 Å². The molecule has 1 aliphatic rings. The SMILES string of the molecule is CCC(CC1CC1)NC(C)Cc1ccc(Br)cc1. The fourth-order valence-electron chi connectivity index (χ4n) is 2.54. The number of rotatable bonds is 7. The van der Waals surface area contributed by atoms with Crippen LogP contribution < -0.4 is 5.32 Å². The molecule has 18 heavy (non-hydrogen) atoms. The van der Waals surface area contributed by atoms with Crippen LogP contribution in [0, 0.1) is 5.92 Å². The Labute approximate surface area is 119 Å². The lowest BCUT2D eigenvalue weighted by molar-refractivity contribution is 0.396. The van der Waals surface area contributed by atoms with Crippen LogP contribution in [0.4, 0.5) is 0 Å². The minimum Gasteiger partial charge on any atom is -0.311 e. The number of hydrogen-bond donors (Lipinski definition) is 1. The second-order valence-corrected chi connectivity index (χ2v) is 6.60. The van der Waals surface area contributed by atoms with Gasteiger partial charge in [-0.2, -0.15) is 0 Å². The van der Waals surface area contributed by atoms with Crippen molar-refractivity contribution >= 4 is 15.9 Å². The second kappa shape index (κ2) is 6.72. The summed E-state index contributed by atoms with van der Waals surface area (Å²) in [6.07, 6.45) is 6.66. The Balaban J connectivity index is 1.79. The third-order valence-electron chi connectivity index (χ3n) is 3.78. The average molecular weight is 310 g/mol. The zero-order valence-electron chi connectivity index (χ0n) is 11.5. The quantitative estimate of drug-likeness (QED) is 0.779. The number of halogens is 1. The van der Waals surface area contributed by atoms with Crippen LogP contribution in [0.1, 0.15) is 45.1 Å². The molecule has 1 aromatic rings. The molecule has 1 nitrogen and oxygen atoms in total. The summed E-state index contributed by atoms with van der Waals surface area (Å²) >= 11 is 3.48. The van der Waals surface area contributed by atoms with Gasteiger partial charge in [-0.1, -0.05) is 47.8 Å². The van der Waals surface area contributed by atoms with E-state index in [1.165, 1.54) is 31.2 Å². The Morgan fingerprint density at radius 2 is 1.94 bits per heavy atom. The zero-order chi connectivity index (χ0) is 13.0. The van der Waals surface area contributed by atoms with Crippen molar-refractivity contribution in [3.05, 3.63) is 34.3 Å². The van der Waals surface area contributed by atoms with Crippen molar-refractivity contribution < 1.29 is 0 Å². The molecule has 0 bridgehead atoms. The van der Waals surface area contributed by atoms with E-state index in [9.17, 15) is 0 Å². The van der Waals surface area contributed by atoms with E-state index in [0.717, 1.165) is 16.8 Å². The first-order valence-corrected chi connectivity index (χ1v) is 7.97. The molecule has 0 aromatic heterocycles.